The molecule has 0 bridgehead atoms. The van der Waals surface area contributed by atoms with Gasteiger partial charge in [0.25, 0.3) is 0 Å². The predicted octanol–water partition coefficient (Wildman–Crippen LogP) is 4.39. The van der Waals surface area contributed by atoms with Gasteiger partial charge in [-0.2, -0.15) is 0 Å². The maximum Gasteiger partial charge on any atom is 0.0545 e. The van der Waals surface area contributed by atoms with Crippen LogP contribution in [0.5, 0.6) is 0 Å². The molecular weight excluding hydrogens is 306 g/mol. The predicted molar refractivity (Wildman–Crippen MR) is 97.5 cm³/mol. The molecule has 2 nitrogen and oxygen atoms in total. The van der Waals surface area contributed by atoms with Gasteiger partial charge >= 0.3 is 0 Å². The van der Waals surface area contributed by atoms with E-state index in [4.69, 9.17) is 5.73 Å². The first-order chi connectivity index (χ1) is 10.5. The molecule has 0 aromatic rings. The quantitative estimate of drug-likeness (QED) is 0.743. The minimum Gasteiger partial charge on any atom is -0.393 e. The Hall–Kier alpha value is 0.210. The van der Waals surface area contributed by atoms with Gasteiger partial charge in [-0.15, -0.1) is 12.4 Å². The Bertz CT molecular complexity index is 428. The van der Waals surface area contributed by atoms with Crippen LogP contribution in [-0.4, -0.2) is 17.3 Å². The molecule has 0 saturated heterocycles. The summed E-state index contributed by atoms with van der Waals surface area (Å²) in [4.78, 5) is 0. The molecule has 0 spiro atoms. The van der Waals surface area contributed by atoms with Crippen molar-refractivity contribution in [2.24, 2.45) is 46.7 Å². The molecule has 9 atom stereocenters. The van der Waals surface area contributed by atoms with Gasteiger partial charge in [-0.25, -0.2) is 0 Å². The van der Waals surface area contributed by atoms with Gasteiger partial charge in [-0.05, 0) is 106 Å². The van der Waals surface area contributed by atoms with Gasteiger partial charge in [-0.1, -0.05) is 6.92 Å². The van der Waals surface area contributed by atoms with Crippen molar-refractivity contribution < 1.29 is 5.11 Å². The maximum absolute atomic E-state index is 10.3. The molecule has 4 saturated carbocycles. The Balaban J connectivity index is 0.00000156. The summed E-state index contributed by atoms with van der Waals surface area (Å²) in [5.41, 5.74) is 6.66. The third-order valence-corrected chi connectivity index (χ3v) is 8.65. The zero-order chi connectivity index (χ0) is 15.5. The number of hydrogen-bond acceptors (Lipinski definition) is 2. The van der Waals surface area contributed by atoms with E-state index in [2.05, 4.69) is 6.92 Å². The molecular formula is C20H36ClNO. The molecule has 0 radical (unpaired) electrons. The van der Waals surface area contributed by atoms with E-state index < -0.39 is 0 Å². The van der Waals surface area contributed by atoms with Gasteiger partial charge in [0.15, 0.2) is 0 Å². The molecule has 4 aliphatic carbocycles. The van der Waals surface area contributed by atoms with Gasteiger partial charge in [0.05, 0.1) is 6.10 Å². The number of rotatable bonds is 1. The third-order valence-electron chi connectivity index (χ3n) is 8.65. The van der Waals surface area contributed by atoms with Crippen LogP contribution in [-0.2, 0) is 0 Å². The first-order valence-corrected chi connectivity index (χ1v) is 9.94. The second-order valence-corrected chi connectivity index (χ2v) is 9.48. The average Bonchev–Trinajstić information content (AvgIpc) is 2.84. The van der Waals surface area contributed by atoms with Crippen LogP contribution in [0.4, 0.5) is 0 Å². The third kappa shape index (κ3) is 2.77. The molecule has 4 rings (SSSR count). The summed E-state index contributed by atoms with van der Waals surface area (Å²) in [6, 6.07) is 0.484. The maximum atomic E-state index is 10.3. The number of aliphatic hydroxyl groups excluding tert-OH is 1. The van der Waals surface area contributed by atoms with Crippen molar-refractivity contribution in [3.05, 3.63) is 0 Å². The zero-order valence-electron chi connectivity index (χ0n) is 14.9. The lowest BCUT2D eigenvalue weighted by Crippen LogP contribution is -2.50. The molecule has 0 aromatic carbocycles. The number of hydrogen-bond donors (Lipinski definition) is 2. The second kappa shape index (κ2) is 6.50. The van der Waals surface area contributed by atoms with E-state index in [9.17, 15) is 5.11 Å². The highest BCUT2D eigenvalue weighted by atomic mass is 35.5. The number of nitrogens with two attached hydrogens (primary N) is 1. The van der Waals surface area contributed by atoms with E-state index in [1.807, 2.05) is 6.92 Å². The SMILES string of the molecule is C[C@H](O)[C@H]1CC[C@H]2[C@@H]3CC[C@H]4C[C@@H](N)CC[C@@H]4[C@H]3CC[C@]12C.Cl. The Morgan fingerprint density at radius 1 is 0.957 bits per heavy atom. The number of halogens is 1. The van der Waals surface area contributed by atoms with Crippen molar-refractivity contribution in [1.82, 2.24) is 0 Å². The molecule has 134 valence electrons. The molecule has 23 heavy (non-hydrogen) atoms. The molecule has 0 heterocycles. The molecule has 3 N–H and O–H groups in total. The van der Waals surface area contributed by atoms with E-state index in [1.165, 1.54) is 57.8 Å². The Morgan fingerprint density at radius 3 is 2.43 bits per heavy atom. The molecule has 0 aromatic heterocycles. The number of fused-ring (bicyclic) bond motifs is 5. The summed E-state index contributed by atoms with van der Waals surface area (Å²) in [5, 5.41) is 10.3. The standard InChI is InChI=1S/C20H35NO.ClH/c1-12(22)18-7-8-19-17-5-3-13-11-14(21)4-6-15(13)16(17)9-10-20(18,19)2;/h12-19,22H,3-11,21H2,1-2H3;1H/t12-,13-,14-,15-,16+,17+,18+,19-,20+;/m0./s1. The van der Waals surface area contributed by atoms with E-state index in [0.717, 1.165) is 29.6 Å². The molecule has 4 aliphatic rings. The monoisotopic (exact) mass is 341 g/mol. The van der Waals surface area contributed by atoms with Crippen LogP contribution < -0.4 is 5.73 Å². The lowest BCUT2D eigenvalue weighted by Gasteiger charge is -2.56. The summed E-state index contributed by atoms with van der Waals surface area (Å²) >= 11 is 0. The van der Waals surface area contributed by atoms with Crippen molar-refractivity contribution in [3.63, 3.8) is 0 Å². The first kappa shape index (κ1) is 18.0. The summed E-state index contributed by atoms with van der Waals surface area (Å²) < 4.78 is 0. The van der Waals surface area contributed by atoms with Gasteiger partial charge < -0.3 is 10.8 Å². The van der Waals surface area contributed by atoms with Crippen molar-refractivity contribution >= 4 is 12.4 Å². The van der Waals surface area contributed by atoms with Gasteiger partial charge in [0.1, 0.15) is 0 Å². The minimum absolute atomic E-state index is 0. The minimum atomic E-state index is -0.115. The average molecular weight is 342 g/mol. The Labute approximate surface area is 148 Å². The first-order valence-electron chi connectivity index (χ1n) is 9.94. The zero-order valence-corrected chi connectivity index (χ0v) is 15.7. The smallest absolute Gasteiger partial charge is 0.0545 e. The molecule has 4 fully saturated rings. The molecule has 0 unspecified atom stereocenters. The van der Waals surface area contributed by atoms with E-state index in [0.29, 0.717) is 17.4 Å². The Kier molecular flexibility index (Phi) is 5.09. The summed E-state index contributed by atoms with van der Waals surface area (Å²) in [7, 11) is 0. The van der Waals surface area contributed by atoms with Crippen molar-refractivity contribution in [3.8, 4) is 0 Å². The van der Waals surface area contributed by atoms with Crippen LogP contribution in [0.1, 0.15) is 71.6 Å². The van der Waals surface area contributed by atoms with Gasteiger partial charge in [0, 0.05) is 6.04 Å². The highest BCUT2D eigenvalue weighted by molar-refractivity contribution is 5.85. The largest absolute Gasteiger partial charge is 0.393 e. The van der Waals surface area contributed by atoms with Gasteiger partial charge in [-0.3, -0.25) is 0 Å². The van der Waals surface area contributed by atoms with Crippen LogP contribution in [0.25, 0.3) is 0 Å². The lowest BCUT2D eigenvalue weighted by molar-refractivity contribution is -0.0788. The van der Waals surface area contributed by atoms with Crippen molar-refractivity contribution in [2.45, 2.75) is 83.8 Å². The van der Waals surface area contributed by atoms with E-state index >= 15 is 0 Å². The van der Waals surface area contributed by atoms with E-state index in [1.54, 1.807) is 0 Å². The van der Waals surface area contributed by atoms with Gasteiger partial charge in [0.2, 0.25) is 0 Å². The molecule has 0 amide bonds. The highest BCUT2D eigenvalue weighted by Gasteiger charge is 2.57. The van der Waals surface area contributed by atoms with Crippen molar-refractivity contribution in [2.75, 3.05) is 0 Å². The fourth-order valence-electron chi connectivity index (χ4n) is 7.72. The van der Waals surface area contributed by atoms with Crippen LogP contribution in [0.15, 0.2) is 0 Å². The Morgan fingerprint density at radius 2 is 1.70 bits per heavy atom. The number of aliphatic hydroxyl groups is 1. The fraction of sp³-hybridized carbons (Fsp3) is 1.00. The molecule has 0 aliphatic heterocycles. The van der Waals surface area contributed by atoms with Crippen LogP contribution >= 0.6 is 12.4 Å². The summed E-state index contributed by atoms with van der Waals surface area (Å²) in [6.07, 6.45) is 12.2. The van der Waals surface area contributed by atoms with Crippen LogP contribution in [0, 0.1) is 40.9 Å². The van der Waals surface area contributed by atoms with Crippen LogP contribution in [0.3, 0.4) is 0 Å². The molecule has 3 heteroatoms. The summed E-state index contributed by atoms with van der Waals surface area (Å²) in [6.45, 7) is 4.55. The summed E-state index contributed by atoms with van der Waals surface area (Å²) in [5.74, 6) is 5.30. The highest BCUT2D eigenvalue weighted by Crippen LogP contribution is 2.64. The van der Waals surface area contributed by atoms with Crippen LogP contribution in [0.2, 0.25) is 0 Å². The fourth-order valence-corrected chi connectivity index (χ4v) is 7.72. The topological polar surface area (TPSA) is 46.2 Å². The van der Waals surface area contributed by atoms with Crippen molar-refractivity contribution in [1.29, 1.82) is 0 Å². The lowest BCUT2D eigenvalue weighted by atomic mass is 9.49. The second-order valence-electron chi connectivity index (χ2n) is 9.48. The normalized spacial score (nSPS) is 53.5. The van der Waals surface area contributed by atoms with E-state index in [-0.39, 0.29) is 18.5 Å².